The van der Waals surface area contributed by atoms with Crippen molar-refractivity contribution < 1.29 is 23.1 Å². The summed E-state index contributed by atoms with van der Waals surface area (Å²) >= 11 is 3.59. The van der Waals surface area contributed by atoms with Gasteiger partial charge in [0.05, 0.1) is 18.4 Å². The number of primary amides is 1. The van der Waals surface area contributed by atoms with E-state index >= 15 is 0 Å². The van der Waals surface area contributed by atoms with Crippen molar-refractivity contribution in [3.05, 3.63) is 99.3 Å². The molecular weight excluding hydrogens is 568 g/mol. The van der Waals surface area contributed by atoms with Crippen molar-refractivity contribution >= 4 is 39.0 Å². The molecule has 0 saturated carbocycles. The molecule has 0 bridgehead atoms. The predicted octanol–water partition coefficient (Wildman–Crippen LogP) is 7.19. The van der Waals surface area contributed by atoms with Crippen LogP contribution in [0.1, 0.15) is 60.9 Å². The fourth-order valence-corrected chi connectivity index (χ4v) is 4.81. The number of halogens is 3. The first kappa shape index (κ1) is 30.0. The second-order valence-electron chi connectivity index (χ2n) is 8.81. The average Bonchev–Trinajstić information content (AvgIpc) is 3.17. The maximum absolute atomic E-state index is 14.3. The molecule has 1 unspecified atom stereocenters. The molecule has 3 N–H and O–H groups in total. The number of aryl methyl sites for hydroxylation is 1. The highest BCUT2D eigenvalue weighted by Gasteiger charge is 2.24. The molecule has 0 fully saturated rings. The fraction of sp³-hybridized carbons (Fsp3) is 0.267. The monoisotopic (exact) mass is 599 g/mol. The highest BCUT2D eigenvalue weighted by Crippen LogP contribution is 2.34. The zero-order chi connectivity index (χ0) is 28.7. The average molecular weight is 601 g/mol. The smallest absolute Gasteiger partial charge is 0.248 e. The Morgan fingerprint density at radius 2 is 1.87 bits per heavy atom. The van der Waals surface area contributed by atoms with Gasteiger partial charge in [0.1, 0.15) is 11.6 Å². The summed E-state index contributed by atoms with van der Waals surface area (Å²) in [6, 6.07) is 12.3. The zero-order valence-corrected chi connectivity index (χ0v) is 23.9. The van der Waals surface area contributed by atoms with Crippen LogP contribution in [0.2, 0.25) is 0 Å². The summed E-state index contributed by atoms with van der Waals surface area (Å²) in [7, 11) is 0. The Hall–Kier alpha value is -3.56. The standard InChI is InChI=1S/C28H26BrF2N3O3.C2H6/c1-16-6-9-26(34(16)23-11-19(28(32)36)10-22(14-23)33-17(2)35)24-12-20(29)4-3-5-27(24)37-15-18-7-8-21(30)13-25(18)31;1-2/h4,6-14,27H,3,5,15H2,1-2H3,(H2,32,36)(H,33,35);1-2H3. The molecule has 2 amide bonds. The Morgan fingerprint density at radius 1 is 1.13 bits per heavy atom. The lowest BCUT2D eigenvalue weighted by atomic mass is 10.0. The van der Waals surface area contributed by atoms with E-state index in [9.17, 15) is 18.4 Å². The summed E-state index contributed by atoms with van der Waals surface area (Å²) in [6.07, 6.45) is 4.94. The van der Waals surface area contributed by atoms with Crippen molar-refractivity contribution in [3.63, 3.8) is 0 Å². The van der Waals surface area contributed by atoms with Crippen LogP contribution in [-0.4, -0.2) is 22.5 Å². The minimum Gasteiger partial charge on any atom is -0.369 e. The lowest BCUT2D eigenvalue weighted by molar-refractivity contribution is -0.114. The first-order valence-electron chi connectivity index (χ1n) is 12.7. The van der Waals surface area contributed by atoms with Crippen LogP contribution in [0.3, 0.4) is 0 Å². The van der Waals surface area contributed by atoms with Crippen LogP contribution < -0.4 is 11.1 Å². The van der Waals surface area contributed by atoms with Crippen LogP contribution in [0.4, 0.5) is 14.5 Å². The molecule has 3 aromatic rings. The van der Waals surface area contributed by atoms with E-state index in [0.29, 0.717) is 17.8 Å². The van der Waals surface area contributed by atoms with Gasteiger partial charge in [-0.25, -0.2) is 8.78 Å². The maximum atomic E-state index is 14.3. The Labute approximate surface area is 235 Å². The molecule has 1 heterocycles. The third kappa shape index (κ3) is 7.52. The summed E-state index contributed by atoms with van der Waals surface area (Å²) in [6.45, 7) is 7.27. The van der Waals surface area contributed by atoms with Gasteiger partial charge in [0.15, 0.2) is 0 Å². The van der Waals surface area contributed by atoms with Gasteiger partial charge in [0.25, 0.3) is 0 Å². The first-order valence-corrected chi connectivity index (χ1v) is 13.5. The van der Waals surface area contributed by atoms with E-state index in [1.54, 1.807) is 12.1 Å². The van der Waals surface area contributed by atoms with Gasteiger partial charge >= 0.3 is 0 Å². The summed E-state index contributed by atoms with van der Waals surface area (Å²) in [5.41, 5.74) is 9.65. The molecule has 6 nitrogen and oxygen atoms in total. The van der Waals surface area contributed by atoms with Crippen LogP contribution in [-0.2, 0) is 16.1 Å². The van der Waals surface area contributed by atoms with Crippen molar-refractivity contribution in [2.24, 2.45) is 5.73 Å². The molecular formula is C30H32BrF2N3O3. The molecule has 1 aliphatic carbocycles. The number of ether oxygens (including phenoxy) is 1. The number of nitrogens with one attached hydrogen (secondary N) is 1. The molecule has 4 rings (SSSR count). The van der Waals surface area contributed by atoms with E-state index in [1.807, 2.05) is 49.6 Å². The number of benzene rings is 2. The summed E-state index contributed by atoms with van der Waals surface area (Å²) < 4.78 is 36.6. The molecule has 39 heavy (non-hydrogen) atoms. The topological polar surface area (TPSA) is 86.4 Å². The number of allylic oxidation sites excluding steroid dienone is 3. The number of anilines is 1. The normalized spacial score (nSPS) is 14.9. The van der Waals surface area contributed by atoms with Crippen LogP contribution in [0.25, 0.3) is 11.3 Å². The van der Waals surface area contributed by atoms with E-state index in [-0.39, 0.29) is 23.6 Å². The van der Waals surface area contributed by atoms with Crippen LogP contribution in [0.5, 0.6) is 0 Å². The molecule has 1 atom stereocenters. The number of aromatic nitrogens is 1. The number of hydrogen-bond acceptors (Lipinski definition) is 3. The quantitative estimate of drug-likeness (QED) is 0.301. The van der Waals surface area contributed by atoms with E-state index < -0.39 is 23.6 Å². The molecule has 9 heteroatoms. The van der Waals surface area contributed by atoms with Gasteiger partial charge < -0.3 is 20.4 Å². The summed E-state index contributed by atoms with van der Waals surface area (Å²) in [5, 5.41) is 2.72. The molecule has 206 valence electrons. The Morgan fingerprint density at radius 3 is 2.54 bits per heavy atom. The Bertz CT molecular complexity index is 1430. The van der Waals surface area contributed by atoms with Crippen LogP contribution >= 0.6 is 15.9 Å². The van der Waals surface area contributed by atoms with Gasteiger partial charge in [0, 0.05) is 51.2 Å². The Kier molecular flexibility index (Phi) is 10.4. The van der Waals surface area contributed by atoms with Crippen molar-refractivity contribution in [1.82, 2.24) is 4.57 Å². The molecule has 1 aliphatic rings. The highest BCUT2D eigenvalue weighted by molar-refractivity contribution is 9.11. The minimum absolute atomic E-state index is 0.0325. The number of nitrogens with two attached hydrogens (primary N) is 1. The van der Waals surface area contributed by atoms with E-state index in [2.05, 4.69) is 21.2 Å². The molecule has 1 aromatic heterocycles. The second-order valence-corrected chi connectivity index (χ2v) is 9.73. The highest BCUT2D eigenvalue weighted by atomic mass is 79.9. The molecule has 0 radical (unpaired) electrons. The van der Waals surface area contributed by atoms with E-state index in [4.69, 9.17) is 10.5 Å². The number of hydrogen-bond donors (Lipinski definition) is 2. The lowest BCUT2D eigenvalue weighted by Crippen LogP contribution is -2.18. The van der Waals surface area contributed by atoms with Gasteiger partial charge in [-0.2, -0.15) is 0 Å². The number of carbonyl (C=O) groups is 2. The molecule has 0 saturated heterocycles. The van der Waals surface area contributed by atoms with Gasteiger partial charge in [-0.3, -0.25) is 9.59 Å². The van der Waals surface area contributed by atoms with Gasteiger partial charge in [-0.15, -0.1) is 0 Å². The molecule has 0 aliphatic heterocycles. The third-order valence-corrected chi connectivity index (χ3v) is 6.57. The van der Waals surface area contributed by atoms with E-state index in [1.165, 1.54) is 25.1 Å². The number of carbonyl (C=O) groups excluding carboxylic acids is 2. The number of nitrogens with zero attached hydrogens (tertiary/aromatic N) is 1. The van der Waals surface area contributed by atoms with Crippen LogP contribution in [0.15, 0.2) is 65.2 Å². The first-order chi connectivity index (χ1) is 18.6. The number of amides is 2. The van der Waals surface area contributed by atoms with Crippen molar-refractivity contribution in [3.8, 4) is 5.69 Å². The zero-order valence-electron chi connectivity index (χ0n) is 22.4. The van der Waals surface area contributed by atoms with Crippen molar-refractivity contribution in [1.29, 1.82) is 0 Å². The minimum atomic E-state index is -0.661. The third-order valence-electron chi connectivity index (χ3n) is 6.02. The molecule has 2 aromatic carbocycles. The largest absolute Gasteiger partial charge is 0.369 e. The summed E-state index contributed by atoms with van der Waals surface area (Å²) in [4.78, 5) is 23.7. The summed E-state index contributed by atoms with van der Waals surface area (Å²) in [5.74, 6) is -2.21. The maximum Gasteiger partial charge on any atom is 0.248 e. The van der Waals surface area contributed by atoms with Crippen molar-refractivity contribution in [2.75, 3.05) is 5.32 Å². The van der Waals surface area contributed by atoms with E-state index in [0.717, 1.165) is 33.9 Å². The van der Waals surface area contributed by atoms with Gasteiger partial charge in [-0.05, 0) is 62.2 Å². The van der Waals surface area contributed by atoms with Crippen LogP contribution in [0, 0.1) is 18.6 Å². The molecule has 0 spiro atoms. The van der Waals surface area contributed by atoms with Gasteiger partial charge in [-0.1, -0.05) is 41.9 Å². The number of rotatable bonds is 7. The van der Waals surface area contributed by atoms with Crippen molar-refractivity contribution in [2.45, 2.75) is 53.2 Å². The Balaban J connectivity index is 0.00000205. The van der Waals surface area contributed by atoms with Gasteiger partial charge in [0.2, 0.25) is 11.8 Å². The lowest BCUT2D eigenvalue weighted by Gasteiger charge is -2.23. The SMILES string of the molecule is CC.CC(=O)Nc1cc(C(N)=O)cc(-n2c(C)ccc2C2=CC(Br)=CCCC2OCc2ccc(F)cc2F)c1. The second kappa shape index (κ2) is 13.5. The predicted molar refractivity (Wildman–Crippen MR) is 154 cm³/mol. The fourth-order valence-electron chi connectivity index (χ4n) is 4.33.